The topological polar surface area (TPSA) is 35.5 Å². The molecule has 1 heterocycles. The third-order valence-corrected chi connectivity index (χ3v) is 3.81. The molecule has 0 spiro atoms. The lowest BCUT2D eigenvalue weighted by Crippen LogP contribution is -2.48. The third-order valence-electron chi connectivity index (χ3n) is 3.81. The van der Waals surface area contributed by atoms with Crippen LogP contribution in [0, 0.1) is 5.92 Å². The van der Waals surface area contributed by atoms with E-state index in [9.17, 15) is 5.11 Å². The van der Waals surface area contributed by atoms with Gasteiger partial charge in [-0.3, -0.25) is 0 Å². The van der Waals surface area contributed by atoms with E-state index in [2.05, 4.69) is 37.9 Å². The Morgan fingerprint density at radius 3 is 2.62 bits per heavy atom. The Balaban J connectivity index is 2.25. The van der Waals surface area contributed by atoms with E-state index < -0.39 is 0 Å². The number of nitrogens with zero attached hydrogens (tertiary/aromatic N) is 1. The van der Waals surface area contributed by atoms with Gasteiger partial charge in [0, 0.05) is 18.6 Å². The summed E-state index contributed by atoms with van der Waals surface area (Å²) in [5, 5.41) is 13.2. The summed E-state index contributed by atoms with van der Waals surface area (Å²) in [5.74, 6) is 0.348. The molecule has 0 aromatic rings. The minimum atomic E-state index is -0.209. The zero-order valence-electron chi connectivity index (χ0n) is 11.2. The molecule has 1 aliphatic rings. The van der Waals surface area contributed by atoms with E-state index >= 15 is 0 Å². The van der Waals surface area contributed by atoms with Gasteiger partial charge in [0.2, 0.25) is 0 Å². The van der Waals surface area contributed by atoms with Crippen LogP contribution in [-0.4, -0.2) is 47.8 Å². The third kappa shape index (κ3) is 4.04. The van der Waals surface area contributed by atoms with Crippen molar-refractivity contribution in [2.24, 2.45) is 5.92 Å². The molecule has 0 aromatic heterocycles. The number of aliphatic hydroxyl groups is 1. The molecule has 1 fully saturated rings. The summed E-state index contributed by atoms with van der Waals surface area (Å²) in [6.45, 7) is 11.7. The summed E-state index contributed by atoms with van der Waals surface area (Å²) < 4.78 is 0. The summed E-state index contributed by atoms with van der Waals surface area (Å²) in [6.07, 6.45) is 2.21. The number of hydrogen-bond acceptors (Lipinski definition) is 3. The Kier molecular flexibility index (Phi) is 5.73. The van der Waals surface area contributed by atoms with Gasteiger partial charge in [0.15, 0.2) is 0 Å². The van der Waals surface area contributed by atoms with Gasteiger partial charge in [0.1, 0.15) is 0 Å². The van der Waals surface area contributed by atoms with Crippen molar-refractivity contribution in [1.29, 1.82) is 0 Å². The molecule has 16 heavy (non-hydrogen) atoms. The molecule has 1 rings (SSSR count). The maximum Gasteiger partial charge on any atom is 0.0687 e. The molecule has 3 atom stereocenters. The van der Waals surface area contributed by atoms with E-state index in [0.29, 0.717) is 18.0 Å². The van der Waals surface area contributed by atoms with Crippen molar-refractivity contribution in [3.8, 4) is 0 Å². The summed E-state index contributed by atoms with van der Waals surface area (Å²) in [4.78, 5) is 2.52. The molecule has 0 aliphatic carbocycles. The van der Waals surface area contributed by atoms with Gasteiger partial charge in [-0.05, 0) is 38.8 Å². The van der Waals surface area contributed by atoms with Gasteiger partial charge in [-0.15, -0.1) is 0 Å². The Morgan fingerprint density at radius 1 is 1.44 bits per heavy atom. The zero-order chi connectivity index (χ0) is 12.1. The van der Waals surface area contributed by atoms with Gasteiger partial charge < -0.3 is 15.3 Å². The molecule has 1 aliphatic heterocycles. The number of hydrogen-bond donors (Lipinski definition) is 2. The van der Waals surface area contributed by atoms with Crippen LogP contribution in [0.1, 0.15) is 40.5 Å². The molecule has 0 aromatic carbocycles. The van der Waals surface area contributed by atoms with Crippen LogP contribution in [0.2, 0.25) is 0 Å². The first-order valence-electron chi connectivity index (χ1n) is 6.70. The van der Waals surface area contributed by atoms with E-state index in [0.717, 1.165) is 13.1 Å². The lowest BCUT2D eigenvalue weighted by atomic mass is 9.97. The van der Waals surface area contributed by atoms with Gasteiger partial charge >= 0.3 is 0 Å². The summed E-state index contributed by atoms with van der Waals surface area (Å²) >= 11 is 0. The number of likely N-dealkylation sites (tertiary alicyclic amines) is 1. The van der Waals surface area contributed by atoms with Crippen molar-refractivity contribution < 1.29 is 5.11 Å². The van der Waals surface area contributed by atoms with E-state index in [1.807, 2.05) is 0 Å². The Labute approximate surface area is 100 Å². The molecule has 0 saturated carbocycles. The second-order valence-electron chi connectivity index (χ2n) is 5.42. The molecule has 96 valence electrons. The molecular weight excluding hydrogens is 200 g/mol. The first-order chi connectivity index (χ1) is 7.54. The van der Waals surface area contributed by atoms with Crippen molar-refractivity contribution in [2.75, 3.05) is 19.6 Å². The molecule has 0 radical (unpaired) electrons. The maximum absolute atomic E-state index is 9.75. The number of piperidine rings is 1. The molecular formula is C13H28N2O. The largest absolute Gasteiger partial charge is 0.392 e. The van der Waals surface area contributed by atoms with E-state index in [1.54, 1.807) is 0 Å². The van der Waals surface area contributed by atoms with E-state index in [4.69, 9.17) is 0 Å². The Morgan fingerprint density at radius 2 is 2.12 bits per heavy atom. The highest BCUT2D eigenvalue weighted by molar-refractivity contribution is 4.83. The van der Waals surface area contributed by atoms with Crippen LogP contribution in [-0.2, 0) is 0 Å². The molecule has 0 amide bonds. The fourth-order valence-corrected chi connectivity index (χ4v) is 2.40. The molecule has 3 nitrogen and oxygen atoms in total. The minimum Gasteiger partial charge on any atom is -0.392 e. The van der Waals surface area contributed by atoms with Crippen LogP contribution in [0.25, 0.3) is 0 Å². The van der Waals surface area contributed by atoms with E-state index in [1.165, 1.54) is 19.4 Å². The number of aliphatic hydroxyl groups excluding tert-OH is 1. The predicted molar refractivity (Wildman–Crippen MR) is 68.6 cm³/mol. The quantitative estimate of drug-likeness (QED) is 0.748. The summed E-state index contributed by atoms with van der Waals surface area (Å²) in [6, 6.07) is 1.26. The minimum absolute atomic E-state index is 0.209. The normalized spacial score (nSPS) is 29.6. The van der Waals surface area contributed by atoms with Gasteiger partial charge in [-0.25, -0.2) is 0 Å². The second kappa shape index (κ2) is 6.58. The molecule has 3 heteroatoms. The second-order valence-corrected chi connectivity index (χ2v) is 5.42. The van der Waals surface area contributed by atoms with Gasteiger partial charge in [0.25, 0.3) is 0 Å². The first-order valence-corrected chi connectivity index (χ1v) is 6.70. The SMILES string of the molecule is CCN1CCC(NCC(O)C(C)C)CC1C. The van der Waals surface area contributed by atoms with Gasteiger partial charge in [0.05, 0.1) is 6.10 Å². The monoisotopic (exact) mass is 228 g/mol. The fourth-order valence-electron chi connectivity index (χ4n) is 2.40. The number of rotatable bonds is 5. The van der Waals surface area contributed by atoms with Gasteiger partial charge in [-0.2, -0.15) is 0 Å². The van der Waals surface area contributed by atoms with Gasteiger partial charge in [-0.1, -0.05) is 20.8 Å². The lowest BCUT2D eigenvalue weighted by Gasteiger charge is -2.37. The van der Waals surface area contributed by atoms with Crippen LogP contribution < -0.4 is 5.32 Å². The first kappa shape index (κ1) is 13.9. The highest BCUT2D eigenvalue weighted by atomic mass is 16.3. The summed E-state index contributed by atoms with van der Waals surface area (Å²) in [7, 11) is 0. The zero-order valence-corrected chi connectivity index (χ0v) is 11.2. The lowest BCUT2D eigenvalue weighted by molar-refractivity contribution is 0.102. The van der Waals surface area contributed by atoms with Crippen molar-refractivity contribution in [2.45, 2.75) is 58.7 Å². The smallest absolute Gasteiger partial charge is 0.0687 e. The Hall–Kier alpha value is -0.120. The van der Waals surface area contributed by atoms with Crippen molar-refractivity contribution in [1.82, 2.24) is 10.2 Å². The van der Waals surface area contributed by atoms with Crippen LogP contribution in [0.15, 0.2) is 0 Å². The molecule has 0 bridgehead atoms. The van der Waals surface area contributed by atoms with Crippen LogP contribution in [0.4, 0.5) is 0 Å². The molecule has 1 saturated heterocycles. The Bertz CT molecular complexity index is 196. The summed E-state index contributed by atoms with van der Waals surface area (Å²) in [5.41, 5.74) is 0. The average Bonchev–Trinajstić information content (AvgIpc) is 2.25. The predicted octanol–water partition coefficient (Wildman–Crippen LogP) is 1.47. The fraction of sp³-hybridized carbons (Fsp3) is 1.00. The van der Waals surface area contributed by atoms with Crippen molar-refractivity contribution in [3.05, 3.63) is 0 Å². The average molecular weight is 228 g/mol. The maximum atomic E-state index is 9.75. The van der Waals surface area contributed by atoms with Crippen molar-refractivity contribution in [3.63, 3.8) is 0 Å². The molecule has 3 unspecified atom stereocenters. The van der Waals surface area contributed by atoms with Crippen LogP contribution in [0.5, 0.6) is 0 Å². The van der Waals surface area contributed by atoms with Crippen LogP contribution >= 0.6 is 0 Å². The van der Waals surface area contributed by atoms with Crippen LogP contribution in [0.3, 0.4) is 0 Å². The highest BCUT2D eigenvalue weighted by Crippen LogP contribution is 2.16. The number of nitrogens with one attached hydrogen (secondary N) is 1. The van der Waals surface area contributed by atoms with E-state index in [-0.39, 0.29) is 6.10 Å². The van der Waals surface area contributed by atoms with Crippen molar-refractivity contribution >= 4 is 0 Å². The highest BCUT2D eigenvalue weighted by Gasteiger charge is 2.24. The standard InChI is InChI=1S/C13H28N2O/c1-5-15-7-6-12(8-11(15)4)14-9-13(16)10(2)3/h10-14,16H,5-9H2,1-4H3. The molecule has 2 N–H and O–H groups in total.